The summed E-state index contributed by atoms with van der Waals surface area (Å²) in [5.41, 5.74) is 3.88. The Morgan fingerprint density at radius 3 is 2.43 bits per heavy atom. The SMILES string of the molecule is Cc1nc(S[C@@H](C)C(=O)NCc2ccccc2Cl)nc(C)c1C. The molecule has 0 saturated carbocycles. The van der Waals surface area contributed by atoms with Crippen molar-refractivity contribution in [1.29, 1.82) is 0 Å². The molecule has 0 radical (unpaired) electrons. The third-order valence-electron chi connectivity index (χ3n) is 3.67. The molecule has 1 atom stereocenters. The number of rotatable bonds is 5. The van der Waals surface area contributed by atoms with Gasteiger partial charge in [-0.05, 0) is 44.9 Å². The highest BCUT2D eigenvalue weighted by molar-refractivity contribution is 8.00. The minimum atomic E-state index is -0.279. The van der Waals surface area contributed by atoms with Crippen molar-refractivity contribution in [2.45, 2.75) is 44.6 Å². The fourth-order valence-corrected chi connectivity index (χ4v) is 3.06. The molecule has 1 aromatic carbocycles. The molecular formula is C17H20ClN3OS. The maximum atomic E-state index is 12.2. The van der Waals surface area contributed by atoms with Crippen molar-refractivity contribution in [2.24, 2.45) is 0 Å². The lowest BCUT2D eigenvalue weighted by atomic mass is 10.2. The van der Waals surface area contributed by atoms with E-state index < -0.39 is 0 Å². The average molecular weight is 350 g/mol. The summed E-state index contributed by atoms with van der Waals surface area (Å²) in [7, 11) is 0. The summed E-state index contributed by atoms with van der Waals surface area (Å²) in [5.74, 6) is -0.0607. The molecule has 0 aliphatic heterocycles. The molecule has 0 aliphatic rings. The second-order valence-electron chi connectivity index (χ2n) is 5.37. The van der Waals surface area contributed by atoms with E-state index in [2.05, 4.69) is 15.3 Å². The van der Waals surface area contributed by atoms with E-state index in [1.165, 1.54) is 11.8 Å². The molecule has 2 aromatic rings. The van der Waals surface area contributed by atoms with Crippen LogP contribution in [0.2, 0.25) is 5.02 Å². The predicted molar refractivity (Wildman–Crippen MR) is 94.9 cm³/mol. The highest BCUT2D eigenvalue weighted by atomic mass is 35.5. The van der Waals surface area contributed by atoms with Gasteiger partial charge in [-0.1, -0.05) is 41.6 Å². The fourth-order valence-electron chi connectivity index (χ4n) is 1.97. The zero-order valence-corrected chi connectivity index (χ0v) is 15.3. The first-order valence-electron chi connectivity index (χ1n) is 7.38. The minimum absolute atomic E-state index is 0.0607. The molecule has 122 valence electrons. The standard InChI is InChI=1S/C17H20ClN3OS/c1-10-11(2)20-17(21-12(10)3)23-13(4)16(22)19-9-14-7-5-6-8-15(14)18/h5-8,13H,9H2,1-4H3,(H,19,22)/t13-/m0/s1. The monoisotopic (exact) mass is 349 g/mol. The van der Waals surface area contributed by atoms with Gasteiger partial charge in [-0.3, -0.25) is 4.79 Å². The van der Waals surface area contributed by atoms with Crippen LogP contribution in [0.4, 0.5) is 0 Å². The van der Waals surface area contributed by atoms with Gasteiger partial charge in [0.05, 0.1) is 5.25 Å². The van der Waals surface area contributed by atoms with Gasteiger partial charge < -0.3 is 5.32 Å². The summed E-state index contributed by atoms with van der Waals surface area (Å²) >= 11 is 7.45. The van der Waals surface area contributed by atoms with Gasteiger partial charge in [0.1, 0.15) is 0 Å². The maximum Gasteiger partial charge on any atom is 0.233 e. The number of thioether (sulfide) groups is 1. The lowest BCUT2D eigenvalue weighted by Crippen LogP contribution is -2.30. The van der Waals surface area contributed by atoms with Crippen molar-refractivity contribution >= 4 is 29.3 Å². The first kappa shape index (κ1) is 17.8. The van der Waals surface area contributed by atoms with Crippen LogP contribution >= 0.6 is 23.4 Å². The maximum absolute atomic E-state index is 12.2. The van der Waals surface area contributed by atoms with E-state index in [0.717, 1.165) is 22.5 Å². The minimum Gasteiger partial charge on any atom is -0.351 e. The number of nitrogens with zero attached hydrogens (tertiary/aromatic N) is 2. The number of hydrogen-bond donors (Lipinski definition) is 1. The Bertz CT molecular complexity index is 698. The number of aryl methyl sites for hydroxylation is 2. The van der Waals surface area contributed by atoms with Crippen molar-refractivity contribution in [2.75, 3.05) is 0 Å². The van der Waals surface area contributed by atoms with Crippen LogP contribution < -0.4 is 5.32 Å². The topological polar surface area (TPSA) is 54.9 Å². The van der Waals surface area contributed by atoms with E-state index in [-0.39, 0.29) is 11.2 Å². The largest absolute Gasteiger partial charge is 0.351 e. The zero-order chi connectivity index (χ0) is 17.0. The number of amides is 1. The number of carbonyl (C=O) groups is 1. The van der Waals surface area contributed by atoms with Crippen LogP contribution in [0.3, 0.4) is 0 Å². The van der Waals surface area contributed by atoms with Crippen molar-refractivity contribution in [1.82, 2.24) is 15.3 Å². The van der Waals surface area contributed by atoms with E-state index in [0.29, 0.717) is 16.7 Å². The Labute approximate surface area is 146 Å². The third kappa shape index (κ3) is 4.69. The van der Waals surface area contributed by atoms with Gasteiger partial charge in [0.25, 0.3) is 0 Å². The number of carbonyl (C=O) groups excluding carboxylic acids is 1. The zero-order valence-electron chi connectivity index (χ0n) is 13.7. The van der Waals surface area contributed by atoms with Crippen molar-refractivity contribution in [3.63, 3.8) is 0 Å². The van der Waals surface area contributed by atoms with Crippen molar-refractivity contribution < 1.29 is 4.79 Å². The van der Waals surface area contributed by atoms with Gasteiger partial charge in [-0.2, -0.15) is 0 Å². The Hall–Kier alpha value is -1.59. The Balaban J connectivity index is 1.96. The summed E-state index contributed by atoms with van der Waals surface area (Å²) in [6.07, 6.45) is 0. The lowest BCUT2D eigenvalue weighted by Gasteiger charge is -2.13. The normalized spacial score (nSPS) is 12.0. The quantitative estimate of drug-likeness (QED) is 0.658. The van der Waals surface area contributed by atoms with Gasteiger partial charge in [0, 0.05) is 23.0 Å². The van der Waals surface area contributed by atoms with E-state index in [4.69, 9.17) is 11.6 Å². The molecule has 1 N–H and O–H groups in total. The van der Waals surface area contributed by atoms with Crippen LogP contribution in [0.1, 0.15) is 29.4 Å². The number of nitrogens with one attached hydrogen (secondary N) is 1. The van der Waals surface area contributed by atoms with Gasteiger partial charge in [-0.15, -0.1) is 0 Å². The molecule has 1 amide bonds. The second-order valence-corrected chi connectivity index (χ2v) is 7.09. The molecule has 0 saturated heterocycles. The molecule has 0 aliphatic carbocycles. The summed E-state index contributed by atoms with van der Waals surface area (Å²) in [6, 6.07) is 7.48. The van der Waals surface area contributed by atoms with Crippen LogP contribution in [0.15, 0.2) is 29.4 Å². The Morgan fingerprint density at radius 1 is 1.22 bits per heavy atom. The van der Waals surface area contributed by atoms with Gasteiger partial charge >= 0.3 is 0 Å². The van der Waals surface area contributed by atoms with E-state index in [1.54, 1.807) is 0 Å². The molecule has 2 rings (SSSR count). The molecular weight excluding hydrogens is 330 g/mol. The van der Waals surface area contributed by atoms with Gasteiger partial charge in [-0.25, -0.2) is 9.97 Å². The molecule has 0 bridgehead atoms. The third-order valence-corrected chi connectivity index (χ3v) is 5.00. The second kappa shape index (κ2) is 7.79. The van der Waals surface area contributed by atoms with Crippen LogP contribution in [-0.2, 0) is 11.3 Å². The smallest absolute Gasteiger partial charge is 0.233 e. The van der Waals surface area contributed by atoms with Crippen LogP contribution in [0.5, 0.6) is 0 Å². The highest BCUT2D eigenvalue weighted by Crippen LogP contribution is 2.22. The molecule has 0 fully saturated rings. The van der Waals surface area contributed by atoms with Gasteiger partial charge in [0.15, 0.2) is 5.16 Å². The Kier molecular flexibility index (Phi) is 6.02. The first-order valence-corrected chi connectivity index (χ1v) is 8.64. The molecule has 23 heavy (non-hydrogen) atoms. The molecule has 1 heterocycles. The summed E-state index contributed by atoms with van der Waals surface area (Å²) < 4.78 is 0. The predicted octanol–water partition coefficient (Wildman–Crippen LogP) is 3.85. The van der Waals surface area contributed by atoms with Crippen molar-refractivity contribution in [3.05, 3.63) is 51.8 Å². The highest BCUT2D eigenvalue weighted by Gasteiger charge is 2.17. The molecule has 0 unspecified atom stereocenters. The average Bonchev–Trinajstić information content (AvgIpc) is 2.51. The number of aromatic nitrogens is 2. The molecule has 4 nitrogen and oxygen atoms in total. The number of hydrogen-bond acceptors (Lipinski definition) is 4. The fraction of sp³-hybridized carbons (Fsp3) is 0.353. The number of benzene rings is 1. The van der Waals surface area contributed by atoms with E-state index in [1.807, 2.05) is 52.0 Å². The van der Waals surface area contributed by atoms with Gasteiger partial charge in [0.2, 0.25) is 5.91 Å². The summed E-state index contributed by atoms with van der Waals surface area (Å²) in [4.78, 5) is 21.1. The molecule has 0 spiro atoms. The van der Waals surface area contributed by atoms with E-state index in [9.17, 15) is 4.79 Å². The summed E-state index contributed by atoms with van der Waals surface area (Å²) in [6.45, 7) is 8.17. The molecule has 1 aromatic heterocycles. The van der Waals surface area contributed by atoms with Crippen LogP contribution in [-0.4, -0.2) is 21.1 Å². The Morgan fingerprint density at radius 2 is 1.83 bits per heavy atom. The van der Waals surface area contributed by atoms with Crippen LogP contribution in [0, 0.1) is 20.8 Å². The first-order chi connectivity index (χ1) is 10.9. The lowest BCUT2D eigenvalue weighted by molar-refractivity contribution is -0.120. The summed E-state index contributed by atoms with van der Waals surface area (Å²) in [5, 5.41) is 3.91. The van der Waals surface area contributed by atoms with Crippen LogP contribution in [0.25, 0.3) is 0 Å². The molecule has 6 heteroatoms. The van der Waals surface area contributed by atoms with Crippen molar-refractivity contribution in [3.8, 4) is 0 Å². The number of halogens is 1. The van der Waals surface area contributed by atoms with E-state index >= 15 is 0 Å².